The van der Waals surface area contributed by atoms with Crippen LogP contribution in [-0.2, 0) is 13.2 Å². The Morgan fingerprint density at radius 3 is 2.56 bits per heavy atom. The Kier molecular flexibility index (Phi) is 6.85. The van der Waals surface area contributed by atoms with Gasteiger partial charge in [0.05, 0.1) is 12.6 Å². The SMILES string of the molecule is CCOc1cc(CNC(C)c2nc(C)cs2)ccc1OCc1ccccc1. The fourth-order valence-corrected chi connectivity index (χ4v) is 3.54. The summed E-state index contributed by atoms with van der Waals surface area (Å²) in [5, 5.41) is 6.72. The van der Waals surface area contributed by atoms with Crippen LogP contribution in [0.3, 0.4) is 0 Å². The number of benzene rings is 2. The number of nitrogens with zero attached hydrogens (tertiary/aromatic N) is 1. The maximum atomic E-state index is 5.97. The minimum Gasteiger partial charge on any atom is -0.490 e. The predicted molar refractivity (Wildman–Crippen MR) is 110 cm³/mol. The van der Waals surface area contributed by atoms with Crippen molar-refractivity contribution in [3.05, 3.63) is 75.7 Å². The molecule has 0 spiro atoms. The third-order valence-corrected chi connectivity index (χ3v) is 5.31. The highest BCUT2D eigenvalue weighted by Crippen LogP contribution is 2.29. The van der Waals surface area contributed by atoms with E-state index in [1.54, 1.807) is 11.3 Å². The van der Waals surface area contributed by atoms with E-state index in [4.69, 9.17) is 9.47 Å². The van der Waals surface area contributed by atoms with Crippen LogP contribution in [0.25, 0.3) is 0 Å². The first-order valence-electron chi connectivity index (χ1n) is 9.23. The first-order chi connectivity index (χ1) is 13.2. The summed E-state index contributed by atoms with van der Waals surface area (Å²) >= 11 is 1.69. The molecule has 1 unspecified atom stereocenters. The van der Waals surface area contributed by atoms with E-state index in [1.807, 2.05) is 38.1 Å². The van der Waals surface area contributed by atoms with Crippen molar-refractivity contribution >= 4 is 11.3 Å². The van der Waals surface area contributed by atoms with Gasteiger partial charge in [0.15, 0.2) is 11.5 Å². The van der Waals surface area contributed by atoms with Crippen molar-refractivity contribution in [3.8, 4) is 11.5 Å². The van der Waals surface area contributed by atoms with Crippen molar-refractivity contribution in [2.24, 2.45) is 0 Å². The normalized spacial score (nSPS) is 12.0. The lowest BCUT2D eigenvalue weighted by Crippen LogP contribution is -2.18. The summed E-state index contributed by atoms with van der Waals surface area (Å²) in [6.07, 6.45) is 0. The second-order valence-electron chi connectivity index (χ2n) is 6.42. The summed E-state index contributed by atoms with van der Waals surface area (Å²) in [4.78, 5) is 4.55. The molecule has 0 aliphatic carbocycles. The summed E-state index contributed by atoms with van der Waals surface area (Å²) in [5.74, 6) is 1.55. The predicted octanol–water partition coefficient (Wildman–Crippen LogP) is 5.28. The maximum Gasteiger partial charge on any atom is 0.161 e. The number of aromatic nitrogens is 1. The molecule has 142 valence electrons. The Morgan fingerprint density at radius 1 is 1.04 bits per heavy atom. The summed E-state index contributed by atoms with van der Waals surface area (Å²) in [7, 11) is 0. The summed E-state index contributed by atoms with van der Waals surface area (Å²) < 4.78 is 11.8. The molecule has 2 aromatic carbocycles. The molecule has 0 aliphatic heterocycles. The molecule has 0 amide bonds. The Morgan fingerprint density at radius 2 is 1.85 bits per heavy atom. The van der Waals surface area contributed by atoms with Gasteiger partial charge in [-0.1, -0.05) is 36.4 Å². The molecular weight excluding hydrogens is 356 g/mol. The number of rotatable bonds is 9. The zero-order valence-electron chi connectivity index (χ0n) is 16.1. The van der Waals surface area contributed by atoms with Gasteiger partial charge in [0.25, 0.3) is 0 Å². The average Bonchev–Trinajstić information content (AvgIpc) is 3.13. The molecule has 0 fully saturated rings. The topological polar surface area (TPSA) is 43.4 Å². The van der Waals surface area contributed by atoms with Crippen LogP contribution >= 0.6 is 11.3 Å². The van der Waals surface area contributed by atoms with E-state index in [9.17, 15) is 0 Å². The number of thiazole rings is 1. The molecule has 5 heteroatoms. The number of aryl methyl sites for hydroxylation is 1. The molecule has 0 aliphatic rings. The Balaban J connectivity index is 1.63. The maximum absolute atomic E-state index is 5.97. The van der Waals surface area contributed by atoms with Crippen molar-refractivity contribution < 1.29 is 9.47 Å². The Labute approximate surface area is 165 Å². The first-order valence-corrected chi connectivity index (χ1v) is 10.1. The Bertz CT molecular complexity index is 849. The smallest absolute Gasteiger partial charge is 0.161 e. The minimum absolute atomic E-state index is 0.216. The molecule has 3 aromatic rings. The van der Waals surface area contributed by atoms with E-state index in [-0.39, 0.29) is 6.04 Å². The minimum atomic E-state index is 0.216. The molecule has 1 heterocycles. The number of ether oxygens (including phenoxy) is 2. The van der Waals surface area contributed by atoms with Crippen LogP contribution < -0.4 is 14.8 Å². The molecule has 0 radical (unpaired) electrons. The number of hydrogen-bond donors (Lipinski definition) is 1. The van der Waals surface area contributed by atoms with E-state index in [2.05, 4.69) is 46.9 Å². The van der Waals surface area contributed by atoms with Gasteiger partial charge in [0.1, 0.15) is 11.6 Å². The van der Waals surface area contributed by atoms with Crippen molar-refractivity contribution in [1.29, 1.82) is 0 Å². The van der Waals surface area contributed by atoms with Gasteiger partial charge in [-0.3, -0.25) is 0 Å². The van der Waals surface area contributed by atoms with Crippen LogP contribution in [0.15, 0.2) is 53.9 Å². The van der Waals surface area contributed by atoms with Crippen LogP contribution in [0.5, 0.6) is 11.5 Å². The summed E-state index contributed by atoms with van der Waals surface area (Å²) in [6.45, 7) is 8.03. The first kappa shape index (κ1) is 19.4. The lowest BCUT2D eigenvalue weighted by Gasteiger charge is -2.15. The van der Waals surface area contributed by atoms with Crippen molar-refractivity contribution in [3.63, 3.8) is 0 Å². The fourth-order valence-electron chi connectivity index (χ4n) is 2.71. The number of hydrogen-bond acceptors (Lipinski definition) is 5. The molecule has 0 saturated carbocycles. The van der Waals surface area contributed by atoms with Crippen LogP contribution in [0.4, 0.5) is 0 Å². The molecule has 0 bridgehead atoms. The van der Waals surface area contributed by atoms with Gasteiger partial charge in [-0.25, -0.2) is 4.98 Å². The molecule has 4 nitrogen and oxygen atoms in total. The third kappa shape index (κ3) is 5.55. The van der Waals surface area contributed by atoms with Gasteiger partial charge >= 0.3 is 0 Å². The molecular formula is C22H26N2O2S. The van der Waals surface area contributed by atoms with Gasteiger partial charge in [-0.15, -0.1) is 11.3 Å². The van der Waals surface area contributed by atoms with Gasteiger partial charge < -0.3 is 14.8 Å². The second-order valence-corrected chi connectivity index (χ2v) is 7.31. The standard InChI is InChI=1S/C22H26N2O2S/c1-4-25-21-12-19(13-23-17(3)22-24-16(2)15-27-22)10-11-20(21)26-14-18-8-6-5-7-9-18/h5-12,15,17,23H,4,13-14H2,1-3H3. The van der Waals surface area contributed by atoms with Crippen LogP contribution in [-0.4, -0.2) is 11.6 Å². The largest absolute Gasteiger partial charge is 0.490 e. The quantitative estimate of drug-likeness (QED) is 0.547. The molecule has 3 rings (SSSR count). The van der Waals surface area contributed by atoms with Gasteiger partial charge in [0, 0.05) is 17.6 Å². The average molecular weight is 383 g/mol. The van der Waals surface area contributed by atoms with E-state index >= 15 is 0 Å². The van der Waals surface area contributed by atoms with Gasteiger partial charge in [0.2, 0.25) is 0 Å². The van der Waals surface area contributed by atoms with Gasteiger partial charge in [-0.2, -0.15) is 0 Å². The Hall–Kier alpha value is -2.37. The zero-order chi connectivity index (χ0) is 19.1. The monoisotopic (exact) mass is 382 g/mol. The van der Waals surface area contributed by atoms with E-state index in [0.717, 1.165) is 39.9 Å². The van der Waals surface area contributed by atoms with E-state index < -0.39 is 0 Å². The highest BCUT2D eigenvalue weighted by molar-refractivity contribution is 7.09. The van der Waals surface area contributed by atoms with Crippen molar-refractivity contribution in [2.45, 2.75) is 40.0 Å². The van der Waals surface area contributed by atoms with E-state index in [0.29, 0.717) is 13.2 Å². The lowest BCUT2D eigenvalue weighted by molar-refractivity contribution is 0.269. The second kappa shape index (κ2) is 9.53. The highest BCUT2D eigenvalue weighted by atomic mass is 32.1. The highest BCUT2D eigenvalue weighted by Gasteiger charge is 2.11. The summed E-state index contributed by atoms with van der Waals surface area (Å²) in [5.41, 5.74) is 3.37. The van der Waals surface area contributed by atoms with Gasteiger partial charge in [-0.05, 0) is 44.0 Å². The van der Waals surface area contributed by atoms with E-state index in [1.165, 1.54) is 0 Å². The fraction of sp³-hybridized carbons (Fsp3) is 0.318. The zero-order valence-corrected chi connectivity index (χ0v) is 16.9. The third-order valence-electron chi connectivity index (χ3n) is 4.16. The van der Waals surface area contributed by atoms with Crippen LogP contribution in [0, 0.1) is 6.92 Å². The molecule has 1 aromatic heterocycles. The van der Waals surface area contributed by atoms with Crippen LogP contribution in [0.1, 0.15) is 41.7 Å². The molecule has 0 saturated heterocycles. The molecule has 1 atom stereocenters. The molecule has 1 N–H and O–H groups in total. The van der Waals surface area contributed by atoms with Crippen molar-refractivity contribution in [2.75, 3.05) is 6.61 Å². The van der Waals surface area contributed by atoms with Crippen molar-refractivity contribution in [1.82, 2.24) is 10.3 Å². The number of nitrogens with one attached hydrogen (secondary N) is 1. The lowest BCUT2D eigenvalue weighted by atomic mass is 10.2. The van der Waals surface area contributed by atoms with Crippen LogP contribution in [0.2, 0.25) is 0 Å². The molecule has 27 heavy (non-hydrogen) atoms. The summed E-state index contributed by atoms with van der Waals surface area (Å²) in [6, 6.07) is 16.5.